The zero-order chi connectivity index (χ0) is 13.0. The normalized spacial score (nSPS) is 12.6. The van der Waals surface area contributed by atoms with Crippen molar-refractivity contribution < 1.29 is 4.39 Å². The molecule has 0 bridgehead atoms. The van der Waals surface area contributed by atoms with Gasteiger partial charge in [0.25, 0.3) is 0 Å². The lowest BCUT2D eigenvalue weighted by Gasteiger charge is -2.11. The largest absolute Gasteiger partial charge is 0.207 e. The van der Waals surface area contributed by atoms with E-state index in [1.807, 2.05) is 6.07 Å². The summed E-state index contributed by atoms with van der Waals surface area (Å²) in [6, 6.07) is 6.57. The van der Waals surface area contributed by atoms with Crippen molar-refractivity contribution in [1.82, 2.24) is 20.2 Å². The van der Waals surface area contributed by atoms with E-state index in [1.54, 1.807) is 13.1 Å². The first-order valence-corrected chi connectivity index (χ1v) is 6.24. The average Bonchev–Trinajstić information content (AvgIpc) is 2.74. The summed E-state index contributed by atoms with van der Waals surface area (Å²) in [5.74, 6) is 1.10. The van der Waals surface area contributed by atoms with Gasteiger partial charge in [0.05, 0.1) is 7.05 Å². The van der Waals surface area contributed by atoms with Crippen LogP contribution in [0.2, 0.25) is 0 Å². The summed E-state index contributed by atoms with van der Waals surface area (Å²) in [7, 11) is 1.72. The van der Waals surface area contributed by atoms with Crippen molar-refractivity contribution in [2.24, 2.45) is 13.0 Å². The molecule has 0 amide bonds. The Labute approximate surface area is 110 Å². The van der Waals surface area contributed by atoms with Gasteiger partial charge in [-0.3, -0.25) is 0 Å². The molecule has 0 saturated carbocycles. The molecule has 0 aliphatic rings. The lowest BCUT2D eigenvalue weighted by Crippen LogP contribution is -2.11. The van der Waals surface area contributed by atoms with E-state index in [0.717, 1.165) is 5.56 Å². The van der Waals surface area contributed by atoms with Gasteiger partial charge in [0.2, 0.25) is 0 Å². The number of hydrogen-bond donors (Lipinski definition) is 0. The molecule has 18 heavy (non-hydrogen) atoms. The minimum atomic E-state index is -0.224. The summed E-state index contributed by atoms with van der Waals surface area (Å²) in [5.41, 5.74) is 0.935. The molecule has 0 fully saturated rings. The number of rotatable bonds is 5. The van der Waals surface area contributed by atoms with Crippen molar-refractivity contribution >= 4 is 11.6 Å². The van der Waals surface area contributed by atoms with E-state index in [-0.39, 0.29) is 11.7 Å². The predicted octanol–water partition coefficient (Wildman–Crippen LogP) is 1.99. The fourth-order valence-electron chi connectivity index (χ4n) is 1.84. The van der Waals surface area contributed by atoms with Gasteiger partial charge in [-0.2, -0.15) is 4.80 Å². The lowest BCUT2D eigenvalue weighted by atomic mass is 9.97. The first-order chi connectivity index (χ1) is 8.67. The summed E-state index contributed by atoms with van der Waals surface area (Å²) in [5, 5.41) is 11.8. The third-order valence-electron chi connectivity index (χ3n) is 2.65. The molecule has 0 saturated heterocycles. The third kappa shape index (κ3) is 3.50. The van der Waals surface area contributed by atoms with Crippen molar-refractivity contribution in [2.45, 2.75) is 12.8 Å². The molecule has 1 unspecified atom stereocenters. The van der Waals surface area contributed by atoms with Crippen LogP contribution in [0.15, 0.2) is 24.3 Å². The van der Waals surface area contributed by atoms with E-state index in [1.165, 1.54) is 16.9 Å². The monoisotopic (exact) mass is 268 g/mol. The summed E-state index contributed by atoms with van der Waals surface area (Å²) >= 11 is 5.94. The standard InChI is InChI=1S/C12H14ClFN4/c1-18-16-12(15-17-18)7-10(8-13)5-9-3-2-4-11(14)6-9/h2-4,6,10H,5,7-8H2,1H3. The van der Waals surface area contributed by atoms with Gasteiger partial charge in [0, 0.05) is 12.3 Å². The van der Waals surface area contributed by atoms with Crippen LogP contribution >= 0.6 is 11.6 Å². The number of benzene rings is 1. The van der Waals surface area contributed by atoms with Gasteiger partial charge in [0.1, 0.15) is 5.82 Å². The van der Waals surface area contributed by atoms with Crippen LogP contribution in [0.1, 0.15) is 11.4 Å². The number of halogens is 2. The fourth-order valence-corrected chi connectivity index (χ4v) is 2.06. The first-order valence-electron chi connectivity index (χ1n) is 5.70. The van der Waals surface area contributed by atoms with Crippen molar-refractivity contribution in [3.8, 4) is 0 Å². The topological polar surface area (TPSA) is 43.6 Å². The molecule has 96 valence electrons. The third-order valence-corrected chi connectivity index (χ3v) is 3.09. The maximum absolute atomic E-state index is 13.1. The molecule has 1 aromatic carbocycles. The van der Waals surface area contributed by atoms with E-state index >= 15 is 0 Å². The highest BCUT2D eigenvalue weighted by molar-refractivity contribution is 6.18. The van der Waals surface area contributed by atoms with Gasteiger partial charge in [-0.15, -0.1) is 21.8 Å². The lowest BCUT2D eigenvalue weighted by molar-refractivity contribution is 0.556. The van der Waals surface area contributed by atoms with Crippen LogP contribution in [0, 0.1) is 11.7 Å². The maximum atomic E-state index is 13.1. The molecular formula is C12H14ClFN4. The summed E-state index contributed by atoms with van der Waals surface area (Å²) < 4.78 is 13.1. The Morgan fingerprint density at radius 2 is 2.22 bits per heavy atom. The highest BCUT2D eigenvalue weighted by atomic mass is 35.5. The molecule has 1 atom stereocenters. The molecule has 0 radical (unpaired) electrons. The Morgan fingerprint density at radius 3 is 2.83 bits per heavy atom. The van der Waals surface area contributed by atoms with Gasteiger partial charge in [-0.05, 0) is 35.2 Å². The summed E-state index contributed by atoms with van der Waals surface area (Å²) in [6.45, 7) is 0. The second kappa shape index (κ2) is 5.91. The molecule has 0 aliphatic heterocycles. The minimum absolute atomic E-state index is 0.178. The molecule has 4 nitrogen and oxygen atoms in total. The Kier molecular flexibility index (Phi) is 4.25. The van der Waals surface area contributed by atoms with Gasteiger partial charge in [0.15, 0.2) is 5.82 Å². The molecular weight excluding hydrogens is 255 g/mol. The molecule has 1 aromatic heterocycles. The summed E-state index contributed by atoms with van der Waals surface area (Å²) in [4.78, 5) is 1.42. The van der Waals surface area contributed by atoms with Gasteiger partial charge in [-0.1, -0.05) is 12.1 Å². The number of aromatic nitrogens is 4. The van der Waals surface area contributed by atoms with E-state index in [2.05, 4.69) is 15.4 Å². The van der Waals surface area contributed by atoms with Gasteiger partial charge in [-0.25, -0.2) is 4.39 Å². The second-order valence-corrected chi connectivity index (χ2v) is 4.56. The van der Waals surface area contributed by atoms with Crippen LogP contribution in [0.4, 0.5) is 4.39 Å². The molecule has 0 spiro atoms. The molecule has 2 rings (SSSR count). The number of hydrogen-bond acceptors (Lipinski definition) is 3. The zero-order valence-electron chi connectivity index (χ0n) is 10.1. The van der Waals surface area contributed by atoms with Crippen molar-refractivity contribution in [3.05, 3.63) is 41.5 Å². The van der Waals surface area contributed by atoms with Gasteiger partial charge >= 0.3 is 0 Å². The van der Waals surface area contributed by atoms with Crippen LogP contribution in [0.3, 0.4) is 0 Å². The Hall–Kier alpha value is -1.49. The first kappa shape index (κ1) is 13.0. The van der Waals surface area contributed by atoms with Crippen molar-refractivity contribution in [3.63, 3.8) is 0 Å². The Balaban J connectivity index is 2.01. The maximum Gasteiger partial charge on any atom is 0.175 e. The van der Waals surface area contributed by atoms with Gasteiger partial charge < -0.3 is 0 Å². The highest BCUT2D eigenvalue weighted by Crippen LogP contribution is 2.15. The summed E-state index contributed by atoms with van der Waals surface area (Å²) in [6.07, 6.45) is 1.35. The molecule has 2 aromatic rings. The zero-order valence-corrected chi connectivity index (χ0v) is 10.8. The molecule has 6 heteroatoms. The molecule has 0 N–H and O–H groups in total. The number of aryl methyl sites for hydroxylation is 1. The number of nitrogens with zero attached hydrogens (tertiary/aromatic N) is 4. The second-order valence-electron chi connectivity index (χ2n) is 4.25. The van der Waals surface area contributed by atoms with E-state index in [0.29, 0.717) is 24.5 Å². The molecule has 0 aliphatic carbocycles. The SMILES string of the molecule is Cn1nnc(CC(CCl)Cc2cccc(F)c2)n1. The predicted molar refractivity (Wildman–Crippen MR) is 66.8 cm³/mol. The van der Waals surface area contributed by atoms with Crippen molar-refractivity contribution in [1.29, 1.82) is 0 Å². The average molecular weight is 269 g/mol. The van der Waals surface area contributed by atoms with Crippen LogP contribution in [-0.4, -0.2) is 26.1 Å². The van der Waals surface area contributed by atoms with Crippen LogP contribution in [-0.2, 0) is 19.9 Å². The van der Waals surface area contributed by atoms with E-state index < -0.39 is 0 Å². The quantitative estimate of drug-likeness (QED) is 0.779. The minimum Gasteiger partial charge on any atom is -0.207 e. The Bertz CT molecular complexity index is 514. The Morgan fingerprint density at radius 1 is 1.39 bits per heavy atom. The number of tetrazole rings is 1. The van der Waals surface area contributed by atoms with E-state index in [4.69, 9.17) is 11.6 Å². The van der Waals surface area contributed by atoms with Crippen LogP contribution in [0.5, 0.6) is 0 Å². The van der Waals surface area contributed by atoms with E-state index in [9.17, 15) is 4.39 Å². The van der Waals surface area contributed by atoms with Crippen LogP contribution < -0.4 is 0 Å². The highest BCUT2D eigenvalue weighted by Gasteiger charge is 2.13. The van der Waals surface area contributed by atoms with Crippen molar-refractivity contribution in [2.75, 3.05) is 5.88 Å². The molecule has 1 heterocycles. The fraction of sp³-hybridized carbons (Fsp3) is 0.417. The number of alkyl halides is 1. The van der Waals surface area contributed by atoms with Crippen LogP contribution in [0.25, 0.3) is 0 Å². The smallest absolute Gasteiger partial charge is 0.175 e.